The molecule has 2 aromatic carbocycles. The molecule has 0 aliphatic heterocycles. The second kappa shape index (κ2) is 7.92. The molecule has 1 unspecified atom stereocenters. The molecule has 0 bridgehead atoms. The number of carbonyl (C=O) groups is 1. The first-order valence-corrected chi connectivity index (χ1v) is 9.51. The zero-order valence-electron chi connectivity index (χ0n) is 13.3. The molecule has 0 saturated heterocycles. The lowest BCUT2D eigenvalue weighted by molar-refractivity contribution is -0.141. The van der Waals surface area contributed by atoms with Gasteiger partial charge in [-0.15, -0.1) is 0 Å². The van der Waals surface area contributed by atoms with E-state index < -0.39 is 22.0 Å². The summed E-state index contributed by atoms with van der Waals surface area (Å²) in [5, 5.41) is 0. The number of nitrogens with one attached hydrogen (secondary N) is 1. The first-order chi connectivity index (χ1) is 11.3. The number of ether oxygens (including phenoxy) is 1. The van der Waals surface area contributed by atoms with E-state index in [4.69, 9.17) is 0 Å². The van der Waals surface area contributed by atoms with Crippen molar-refractivity contribution in [3.8, 4) is 0 Å². The zero-order chi connectivity index (χ0) is 17.7. The third-order valence-corrected chi connectivity index (χ3v) is 5.52. The van der Waals surface area contributed by atoms with Crippen molar-refractivity contribution in [1.82, 2.24) is 4.72 Å². The van der Waals surface area contributed by atoms with Crippen LogP contribution in [0.15, 0.2) is 57.9 Å². The Morgan fingerprint density at radius 1 is 1.12 bits per heavy atom. The summed E-state index contributed by atoms with van der Waals surface area (Å²) in [7, 11) is -2.48. The van der Waals surface area contributed by atoms with Crippen molar-refractivity contribution in [2.45, 2.75) is 24.3 Å². The lowest BCUT2D eigenvalue weighted by Crippen LogP contribution is -2.30. The van der Waals surface area contributed by atoms with Gasteiger partial charge in [0, 0.05) is 4.47 Å². The number of esters is 1. The maximum Gasteiger partial charge on any atom is 0.307 e. The third kappa shape index (κ3) is 4.90. The fraction of sp³-hybridized carbons (Fsp3) is 0.235. The molecule has 0 saturated carbocycles. The lowest BCUT2D eigenvalue weighted by atomic mass is 10.1. The third-order valence-electron chi connectivity index (χ3n) is 3.50. The Morgan fingerprint density at radius 3 is 2.25 bits per heavy atom. The molecular weight excluding hydrogens is 394 g/mol. The Bertz CT molecular complexity index is 801. The Labute approximate surface area is 150 Å². The van der Waals surface area contributed by atoms with E-state index in [0.717, 1.165) is 10.0 Å². The van der Waals surface area contributed by atoms with Gasteiger partial charge in [0.15, 0.2) is 0 Å². The molecule has 2 rings (SSSR count). The van der Waals surface area contributed by atoms with Gasteiger partial charge in [-0.3, -0.25) is 4.79 Å². The van der Waals surface area contributed by atoms with Gasteiger partial charge in [0.05, 0.1) is 24.5 Å². The maximum atomic E-state index is 12.6. The van der Waals surface area contributed by atoms with E-state index in [9.17, 15) is 13.2 Å². The first-order valence-electron chi connectivity index (χ1n) is 7.23. The summed E-state index contributed by atoms with van der Waals surface area (Å²) in [4.78, 5) is 11.8. The van der Waals surface area contributed by atoms with Gasteiger partial charge in [-0.1, -0.05) is 45.8 Å². The van der Waals surface area contributed by atoms with Crippen LogP contribution in [-0.4, -0.2) is 21.5 Å². The van der Waals surface area contributed by atoms with Crippen molar-refractivity contribution in [2.24, 2.45) is 0 Å². The summed E-state index contributed by atoms with van der Waals surface area (Å²) in [5.74, 6) is -0.491. The molecule has 24 heavy (non-hydrogen) atoms. The van der Waals surface area contributed by atoms with E-state index in [1.54, 1.807) is 36.4 Å². The molecule has 1 atom stereocenters. The van der Waals surface area contributed by atoms with Gasteiger partial charge in [0.25, 0.3) is 0 Å². The predicted molar refractivity (Wildman–Crippen MR) is 95.0 cm³/mol. The lowest BCUT2D eigenvalue weighted by Gasteiger charge is -2.18. The number of carbonyl (C=O) groups excluding carboxylic acids is 1. The normalized spacial score (nSPS) is 12.6. The number of benzene rings is 2. The average molecular weight is 412 g/mol. The average Bonchev–Trinajstić information content (AvgIpc) is 2.55. The van der Waals surface area contributed by atoms with Crippen LogP contribution in [0.2, 0.25) is 0 Å². The molecule has 0 radical (unpaired) electrons. The fourth-order valence-corrected chi connectivity index (χ4v) is 3.63. The minimum Gasteiger partial charge on any atom is -0.469 e. The Hall–Kier alpha value is -1.70. The van der Waals surface area contributed by atoms with E-state index >= 15 is 0 Å². The monoisotopic (exact) mass is 411 g/mol. The van der Waals surface area contributed by atoms with Gasteiger partial charge in [0.1, 0.15) is 0 Å². The van der Waals surface area contributed by atoms with Crippen molar-refractivity contribution >= 4 is 31.9 Å². The predicted octanol–water partition coefficient (Wildman–Crippen LogP) is 3.34. The van der Waals surface area contributed by atoms with Crippen LogP contribution in [0.25, 0.3) is 0 Å². The Balaban J connectivity index is 2.31. The van der Waals surface area contributed by atoms with Gasteiger partial charge < -0.3 is 4.74 Å². The van der Waals surface area contributed by atoms with Crippen LogP contribution < -0.4 is 4.72 Å². The summed E-state index contributed by atoms with van der Waals surface area (Å²) in [6.07, 6.45) is -0.0940. The molecule has 0 aromatic heterocycles. The molecule has 0 aliphatic carbocycles. The molecule has 1 N–H and O–H groups in total. The summed E-state index contributed by atoms with van der Waals surface area (Å²) < 4.78 is 33.3. The zero-order valence-corrected chi connectivity index (χ0v) is 15.7. The van der Waals surface area contributed by atoms with Crippen LogP contribution in [0.1, 0.15) is 23.6 Å². The number of rotatable bonds is 6. The molecule has 7 heteroatoms. The highest BCUT2D eigenvalue weighted by atomic mass is 79.9. The summed E-state index contributed by atoms with van der Waals surface area (Å²) in [5.41, 5.74) is 1.65. The summed E-state index contributed by atoms with van der Waals surface area (Å²) in [6.45, 7) is 1.88. The molecule has 5 nitrogen and oxygen atoms in total. The van der Waals surface area contributed by atoms with Crippen molar-refractivity contribution in [2.75, 3.05) is 7.11 Å². The number of halogens is 1. The summed E-state index contributed by atoms with van der Waals surface area (Å²) >= 11 is 3.33. The second-order valence-electron chi connectivity index (χ2n) is 5.32. The number of aryl methyl sites for hydroxylation is 1. The van der Waals surface area contributed by atoms with E-state index in [2.05, 4.69) is 25.4 Å². The van der Waals surface area contributed by atoms with Crippen LogP contribution in [-0.2, 0) is 19.6 Å². The van der Waals surface area contributed by atoms with Gasteiger partial charge in [0.2, 0.25) is 10.0 Å². The quantitative estimate of drug-likeness (QED) is 0.739. The minimum absolute atomic E-state index is 0.0940. The van der Waals surface area contributed by atoms with E-state index in [-0.39, 0.29) is 11.3 Å². The molecule has 2 aromatic rings. The Kier molecular flexibility index (Phi) is 6.15. The number of methoxy groups -OCH3 is 1. The van der Waals surface area contributed by atoms with E-state index in [1.807, 2.05) is 6.92 Å². The van der Waals surface area contributed by atoms with Crippen molar-refractivity contribution in [1.29, 1.82) is 0 Å². The van der Waals surface area contributed by atoms with Gasteiger partial charge in [-0.25, -0.2) is 13.1 Å². The van der Waals surface area contributed by atoms with E-state index in [1.165, 1.54) is 19.2 Å². The van der Waals surface area contributed by atoms with Crippen LogP contribution in [0.3, 0.4) is 0 Å². The van der Waals surface area contributed by atoms with Crippen LogP contribution in [0.5, 0.6) is 0 Å². The molecule has 0 amide bonds. The maximum absolute atomic E-state index is 12.6. The topological polar surface area (TPSA) is 72.5 Å². The standard InChI is InChI=1S/C17H18BrNO4S/c1-12-3-9-15(10-4-12)24(21,22)19-16(11-17(20)23-2)13-5-7-14(18)8-6-13/h3-10,16,19H,11H2,1-2H3. The van der Waals surface area contributed by atoms with Crippen molar-refractivity contribution in [3.05, 3.63) is 64.1 Å². The second-order valence-corrected chi connectivity index (χ2v) is 7.95. The van der Waals surface area contributed by atoms with Crippen LogP contribution >= 0.6 is 15.9 Å². The molecular formula is C17H18BrNO4S. The van der Waals surface area contributed by atoms with Gasteiger partial charge in [-0.2, -0.15) is 0 Å². The van der Waals surface area contributed by atoms with E-state index in [0.29, 0.717) is 5.56 Å². The van der Waals surface area contributed by atoms with Crippen molar-refractivity contribution < 1.29 is 17.9 Å². The highest BCUT2D eigenvalue weighted by Gasteiger charge is 2.24. The molecule has 0 fully saturated rings. The minimum atomic E-state index is -3.76. The van der Waals surface area contributed by atoms with Gasteiger partial charge in [-0.05, 0) is 36.8 Å². The number of hydrogen-bond acceptors (Lipinski definition) is 4. The Morgan fingerprint density at radius 2 is 1.71 bits per heavy atom. The van der Waals surface area contributed by atoms with Crippen molar-refractivity contribution in [3.63, 3.8) is 0 Å². The SMILES string of the molecule is COC(=O)CC(NS(=O)(=O)c1ccc(C)cc1)c1ccc(Br)cc1. The van der Waals surface area contributed by atoms with Crippen LogP contribution in [0, 0.1) is 6.92 Å². The highest BCUT2D eigenvalue weighted by Crippen LogP contribution is 2.23. The number of sulfonamides is 1. The molecule has 0 spiro atoms. The number of hydrogen-bond donors (Lipinski definition) is 1. The largest absolute Gasteiger partial charge is 0.469 e. The molecule has 0 heterocycles. The highest BCUT2D eigenvalue weighted by molar-refractivity contribution is 9.10. The smallest absolute Gasteiger partial charge is 0.307 e. The summed E-state index contributed by atoms with van der Waals surface area (Å²) in [6, 6.07) is 12.9. The molecule has 0 aliphatic rings. The molecule has 128 valence electrons. The fourth-order valence-electron chi connectivity index (χ4n) is 2.15. The first kappa shape index (κ1) is 18.6. The van der Waals surface area contributed by atoms with Crippen LogP contribution in [0.4, 0.5) is 0 Å². The van der Waals surface area contributed by atoms with Gasteiger partial charge >= 0.3 is 5.97 Å².